The monoisotopic (exact) mass is 244 g/mol. The summed E-state index contributed by atoms with van der Waals surface area (Å²) >= 11 is 0. The molecular weight excluding hydrogens is 235 g/mol. The van der Waals surface area contributed by atoms with Crippen molar-refractivity contribution in [3.05, 3.63) is 42.0 Å². The Kier molecular flexibility index (Phi) is 4.15. The fourth-order valence-electron chi connectivity index (χ4n) is 1.58. The predicted octanol–water partition coefficient (Wildman–Crippen LogP) is -0.944. The SMILES string of the molecule is Cc1ccc2cccc(S(=O)(=O)[O-])c2c1.[Na+]. The molecule has 3 nitrogen and oxygen atoms in total. The van der Waals surface area contributed by atoms with Gasteiger partial charge >= 0.3 is 29.6 Å². The van der Waals surface area contributed by atoms with Gasteiger partial charge in [-0.25, -0.2) is 8.42 Å². The molecular formula is C11H9NaO3S. The molecule has 0 aliphatic heterocycles. The summed E-state index contributed by atoms with van der Waals surface area (Å²) < 4.78 is 33.0. The minimum Gasteiger partial charge on any atom is -0.744 e. The van der Waals surface area contributed by atoms with Crippen LogP contribution in [-0.2, 0) is 10.1 Å². The molecule has 0 aliphatic rings. The van der Waals surface area contributed by atoms with E-state index in [1.54, 1.807) is 24.3 Å². The molecule has 2 aromatic carbocycles. The molecule has 0 radical (unpaired) electrons. The number of fused-ring (bicyclic) bond motifs is 1. The summed E-state index contributed by atoms with van der Waals surface area (Å²) in [6.07, 6.45) is 0. The Morgan fingerprint density at radius 3 is 2.44 bits per heavy atom. The second-order valence-corrected chi connectivity index (χ2v) is 4.78. The number of hydrogen-bond acceptors (Lipinski definition) is 3. The average Bonchev–Trinajstić information content (AvgIpc) is 2.15. The van der Waals surface area contributed by atoms with Crippen molar-refractivity contribution in [2.45, 2.75) is 11.8 Å². The molecule has 78 valence electrons. The Labute approximate surface area is 117 Å². The molecule has 5 heteroatoms. The second kappa shape index (κ2) is 4.85. The summed E-state index contributed by atoms with van der Waals surface area (Å²) in [5.74, 6) is 0. The Bertz CT molecular complexity index is 620. The van der Waals surface area contributed by atoms with Gasteiger partial charge in [-0.1, -0.05) is 35.9 Å². The molecule has 0 unspecified atom stereocenters. The largest absolute Gasteiger partial charge is 1.00 e. The average molecular weight is 244 g/mol. The molecule has 0 fully saturated rings. The summed E-state index contributed by atoms with van der Waals surface area (Å²) in [5.41, 5.74) is 0.929. The fourth-order valence-corrected chi connectivity index (χ4v) is 2.27. The van der Waals surface area contributed by atoms with E-state index in [0.717, 1.165) is 10.9 Å². The molecule has 0 heterocycles. The molecule has 0 saturated carbocycles. The van der Waals surface area contributed by atoms with Gasteiger partial charge in [0.15, 0.2) is 0 Å². The van der Waals surface area contributed by atoms with Crippen LogP contribution in [0.5, 0.6) is 0 Å². The number of aryl methyl sites for hydroxylation is 1. The molecule has 2 aromatic rings. The first-order valence-electron chi connectivity index (χ1n) is 4.44. The number of rotatable bonds is 1. The summed E-state index contributed by atoms with van der Waals surface area (Å²) in [6, 6.07) is 10.1. The van der Waals surface area contributed by atoms with Gasteiger partial charge in [0.1, 0.15) is 10.1 Å². The van der Waals surface area contributed by atoms with Crippen LogP contribution in [0.4, 0.5) is 0 Å². The van der Waals surface area contributed by atoms with E-state index in [4.69, 9.17) is 0 Å². The molecule has 0 aromatic heterocycles. The maximum atomic E-state index is 11.0. The van der Waals surface area contributed by atoms with Crippen LogP contribution in [0, 0.1) is 6.92 Å². The molecule has 0 bridgehead atoms. The van der Waals surface area contributed by atoms with Crippen LogP contribution in [0.1, 0.15) is 5.56 Å². The zero-order chi connectivity index (χ0) is 11.1. The van der Waals surface area contributed by atoms with Gasteiger partial charge in [-0.05, 0) is 23.8 Å². The van der Waals surface area contributed by atoms with Gasteiger partial charge < -0.3 is 4.55 Å². The topological polar surface area (TPSA) is 57.2 Å². The van der Waals surface area contributed by atoms with Gasteiger partial charge in [0, 0.05) is 0 Å². The van der Waals surface area contributed by atoms with Crippen molar-refractivity contribution in [1.82, 2.24) is 0 Å². The van der Waals surface area contributed by atoms with Gasteiger partial charge in [-0.2, -0.15) is 0 Å². The third kappa shape index (κ3) is 2.64. The third-order valence-electron chi connectivity index (χ3n) is 2.27. The van der Waals surface area contributed by atoms with E-state index in [1.807, 2.05) is 13.0 Å². The standard InChI is InChI=1S/C11H10O3S.Na/c1-8-5-6-9-3-2-4-11(10(9)7-8)15(12,13)14;/h2-7H,1H3,(H,12,13,14);/q;+1/p-1. The van der Waals surface area contributed by atoms with Gasteiger partial charge in [-0.15, -0.1) is 0 Å². The molecule has 16 heavy (non-hydrogen) atoms. The van der Waals surface area contributed by atoms with Crippen LogP contribution < -0.4 is 29.6 Å². The summed E-state index contributed by atoms with van der Waals surface area (Å²) in [5, 5.41) is 1.25. The molecule has 0 spiro atoms. The molecule has 0 N–H and O–H groups in total. The number of benzene rings is 2. The Morgan fingerprint density at radius 1 is 1.12 bits per heavy atom. The fraction of sp³-hybridized carbons (Fsp3) is 0.0909. The van der Waals surface area contributed by atoms with Crippen molar-refractivity contribution in [3.8, 4) is 0 Å². The van der Waals surface area contributed by atoms with Crippen LogP contribution in [0.3, 0.4) is 0 Å². The van der Waals surface area contributed by atoms with Crippen LogP contribution >= 0.6 is 0 Å². The van der Waals surface area contributed by atoms with Crippen molar-refractivity contribution in [2.75, 3.05) is 0 Å². The Hall–Kier alpha value is -0.390. The van der Waals surface area contributed by atoms with Crippen LogP contribution in [-0.4, -0.2) is 13.0 Å². The van der Waals surface area contributed by atoms with E-state index in [-0.39, 0.29) is 34.5 Å². The zero-order valence-electron chi connectivity index (χ0n) is 9.10. The zero-order valence-corrected chi connectivity index (χ0v) is 11.9. The van der Waals surface area contributed by atoms with Crippen molar-refractivity contribution < 1.29 is 42.5 Å². The molecule has 0 atom stereocenters. The van der Waals surface area contributed by atoms with Crippen LogP contribution in [0.15, 0.2) is 41.3 Å². The van der Waals surface area contributed by atoms with Gasteiger partial charge in [0.2, 0.25) is 0 Å². The quantitative estimate of drug-likeness (QED) is 0.480. The predicted molar refractivity (Wildman–Crippen MR) is 56.6 cm³/mol. The second-order valence-electron chi connectivity index (χ2n) is 3.43. The third-order valence-corrected chi connectivity index (χ3v) is 3.16. The van der Waals surface area contributed by atoms with Gasteiger partial charge in [-0.3, -0.25) is 0 Å². The van der Waals surface area contributed by atoms with Crippen molar-refractivity contribution in [2.24, 2.45) is 0 Å². The molecule has 0 amide bonds. The summed E-state index contributed by atoms with van der Waals surface area (Å²) in [6.45, 7) is 1.85. The van der Waals surface area contributed by atoms with Crippen molar-refractivity contribution >= 4 is 20.9 Å². The van der Waals surface area contributed by atoms with Gasteiger partial charge in [0.25, 0.3) is 0 Å². The molecule has 2 rings (SSSR count). The van der Waals surface area contributed by atoms with E-state index in [0.29, 0.717) is 5.39 Å². The first-order chi connectivity index (χ1) is 6.98. The Balaban J connectivity index is 0.00000128. The molecule has 0 aliphatic carbocycles. The Morgan fingerprint density at radius 2 is 1.81 bits per heavy atom. The van der Waals surface area contributed by atoms with E-state index in [1.165, 1.54) is 6.07 Å². The van der Waals surface area contributed by atoms with E-state index < -0.39 is 10.1 Å². The minimum atomic E-state index is -4.40. The smallest absolute Gasteiger partial charge is 0.744 e. The van der Waals surface area contributed by atoms with E-state index >= 15 is 0 Å². The summed E-state index contributed by atoms with van der Waals surface area (Å²) in [4.78, 5) is -0.149. The van der Waals surface area contributed by atoms with Crippen molar-refractivity contribution in [3.63, 3.8) is 0 Å². The van der Waals surface area contributed by atoms with E-state index in [2.05, 4.69) is 0 Å². The minimum absolute atomic E-state index is 0. The number of hydrogen-bond donors (Lipinski definition) is 0. The first kappa shape index (κ1) is 13.7. The summed E-state index contributed by atoms with van der Waals surface area (Å²) in [7, 11) is -4.40. The van der Waals surface area contributed by atoms with Crippen LogP contribution in [0.25, 0.3) is 10.8 Å². The maximum Gasteiger partial charge on any atom is 1.00 e. The van der Waals surface area contributed by atoms with E-state index in [9.17, 15) is 13.0 Å². The van der Waals surface area contributed by atoms with Crippen molar-refractivity contribution in [1.29, 1.82) is 0 Å². The van der Waals surface area contributed by atoms with Gasteiger partial charge in [0.05, 0.1) is 4.90 Å². The molecule has 0 saturated heterocycles. The first-order valence-corrected chi connectivity index (χ1v) is 5.84. The maximum absolute atomic E-state index is 11.0. The normalized spacial score (nSPS) is 11.1. The van der Waals surface area contributed by atoms with Crippen LogP contribution in [0.2, 0.25) is 0 Å².